The zero-order valence-electron chi connectivity index (χ0n) is 8.65. The van der Waals surface area contributed by atoms with E-state index in [0.717, 1.165) is 0 Å². The van der Waals surface area contributed by atoms with Crippen molar-refractivity contribution in [3.05, 3.63) is 11.6 Å². The summed E-state index contributed by atoms with van der Waals surface area (Å²) in [6.45, 7) is 5.27. The van der Waals surface area contributed by atoms with Crippen LogP contribution >= 0.6 is 0 Å². The number of hydrogen-bond acceptors (Lipinski definition) is 2. The minimum Gasteiger partial charge on any atom is -0.481 e. The average molecular weight is 200 g/mol. The Morgan fingerprint density at radius 1 is 1.21 bits per heavy atom. The highest BCUT2D eigenvalue weighted by molar-refractivity contribution is 5.93. The molecule has 0 rings (SSSR count). The lowest BCUT2D eigenvalue weighted by molar-refractivity contribution is -0.143. The van der Waals surface area contributed by atoms with Crippen LogP contribution in [0, 0.1) is 11.8 Å². The zero-order valence-corrected chi connectivity index (χ0v) is 8.65. The van der Waals surface area contributed by atoms with Gasteiger partial charge in [-0.25, -0.2) is 4.79 Å². The molecule has 0 aliphatic heterocycles. The normalized spacial score (nSPS) is 14.1. The van der Waals surface area contributed by atoms with E-state index >= 15 is 0 Å². The van der Waals surface area contributed by atoms with Crippen molar-refractivity contribution in [2.24, 2.45) is 11.8 Å². The Balaban J connectivity index is 4.68. The van der Waals surface area contributed by atoms with E-state index in [9.17, 15) is 9.59 Å². The van der Waals surface area contributed by atoms with Gasteiger partial charge in [-0.15, -0.1) is 0 Å². The van der Waals surface area contributed by atoms with Crippen LogP contribution in [0.2, 0.25) is 0 Å². The molecule has 0 spiro atoms. The number of carboxylic acid groups (broad SMARTS) is 2. The minimum atomic E-state index is -1.15. The molecular weight excluding hydrogens is 184 g/mol. The number of hydrogen-bond donors (Lipinski definition) is 2. The summed E-state index contributed by atoms with van der Waals surface area (Å²) in [4.78, 5) is 21.3. The molecule has 0 saturated heterocycles. The van der Waals surface area contributed by atoms with Crippen molar-refractivity contribution in [3.8, 4) is 0 Å². The van der Waals surface area contributed by atoms with Gasteiger partial charge in [-0.3, -0.25) is 4.79 Å². The fourth-order valence-electron chi connectivity index (χ4n) is 0.945. The molecule has 2 N–H and O–H groups in total. The number of rotatable bonds is 5. The Morgan fingerprint density at radius 2 is 1.71 bits per heavy atom. The Kier molecular flexibility index (Phi) is 4.91. The third-order valence-electron chi connectivity index (χ3n) is 1.89. The summed E-state index contributed by atoms with van der Waals surface area (Å²) in [7, 11) is 0. The van der Waals surface area contributed by atoms with Gasteiger partial charge in [0.2, 0.25) is 0 Å². The van der Waals surface area contributed by atoms with Crippen molar-refractivity contribution in [2.45, 2.75) is 27.2 Å². The molecule has 80 valence electrons. The van der Waals surface area contributed by atoms with Gasteiger partial charge in [0.15, 0.2) is 0 Å². The third kappa shape index (κ3) is 4.07. The molecular formula is C10H16O4. The van der Waals surface area contributed by atoms with Gasteiger partial charge in [-0.05, 0) is 19.3 Å². The standard InChI is InChI=1S/C10H16O4/c1-6(2)4-5-8(10(13)14)7(3)9(11)12/h5-7H,4H2,1-3H3,(H,11,12)(H,13,14)/b8-5+. The third-order valence-corrected chi connectivity index (χ3v) is 1.89. The Labute approximate surface area is 83.2 Å². The van der Waals surface area contributed by atoms with Crippen molar-refractivity contribution in [3.63, 3.8) is 0 Å². The second kappa shape index (κ2) is 5.42. The molecule has 0 saturated carbocycles. The molecule has 0 heterocycles. The van der Waals surface area contributed by atoms with Crippen LogP contribution in [-0.2, 0) is 9.59 Å². The second-order valence-corrected chi connectivity index (χ2v) is 3.65. The summed E-state index contributed by atoms with van der Waals surface area (Å²) in [5.41, 5.74) is -0.0359. The van der Waals surface area contributed by atoms with Crippen molar-refractivity contribution in [2.75, 3.05) is 0 Å². The molecule has 0 radical (unpaired) electrons. The van der Waals surface area contributed by atoms with Gasteiger partial charge in [-0.1, -0.05) is 19.9 Å². The Hall–Kier alpha value is -1.32. The first-order valence-electron chi connectivity index (χ1n) is 4.52. The van der Waals surface area contributed by atoms with E-state index in [-0.39, 0.29) is 5.57 Å². The molecule has 0 aliphatic carbocycles. The molecule has 0 aliphatic rings. The summed E-state index contributed by atoms with van der Waals surface area (Å²) in [6.07, 6.45) is 2.07. The minimum absolute atomic E-state index is 0.0359. The smallest absolute Gasteiger partial charge is 0.332 e. The quantitative estimate of drug-likeness (QED) is 0.663. The first-order valence-corrected chi connectivity index (χ1v) is 4.52. The predicted octanol–water partition coefficient (Wildman–Crippen LogP) is 1.76. The van der Waals surface area contributed by atoms with Gasteiger partial charge in [0.05, 0.1) is 5.92 Å². The SMILES string of the molecule is CC(C)C/C=C(/C(=O)O)C(C)C(=O)O. The first-order chi connectivity index (χ1) is 6.36. The first kappa shape index (κ1) is 12.7. The van der Waals surface area contributed by atoms with Gasteiger partial charge in [0.25, 0.3) is 0 Å². The maximum atomic E-state index is 10.7. The van der Waals surface area contributed by atoms with E-state index in [1.807, 2.05) is 13.8 Å². The maximum absolute atomic E-state index is 10.7. The topological polar surface area (TPSA) is 74.6 Å². The predicted molar refractivity (Wildman–Crippen MR) is 52.0 cm³/mol. The van der Waals surface area contributed by atoms with Crippen LogP contribution in [0.5, 0.6) is 0 Å². The summed E-state index contributed by atoms with van der Waals surface area (Å²) in [5, 5.41) is 17.4. The Morgan fingerprint density at radius 3 is 2.00 bits per heavy atom. The molecule has 0 amide bonds. The van der Waals surface area contributed by atoms with Crippen LogP contribution in [0.4, 0.5) is 0 Å². The number of allylic oxidation sites excluding steroid dienone is 1. The highest BCUT2D eigenvalue weighted by Crippen LogP contribution is 2.14. The van der Waals surface area contributed by atoms with Gasteiger partial charge in [0, 0.05) is 5.57 Å². The van der Waals surface area contributed by atoms with Crippen molar-refractivity contribution in [1.82, 2.24) is 0 Å². The highest BCUT2D eigenvalue weighted by Gasteiger charge is 2.21. The van der Waals surface area contributed by atoms with Crippen molar-refractivity contribution in [1.29, 1.82) is 0 Å². The zero-order chi connectivity index (χ0) is 11.3. The fraction of sp³-hybridized carbons (Fsp3) is 0.600. The lowest BCUT2D eigenvalue weighted by Gasteiger charge is -2.08. The van der Waals surface area contributed by atoms with Crippen LogP contribution in [0.3, 0.4) is 0 Å². The molecule has 0 fully saturated rings. The summed E-state index contributed by atoms with van der Waals surface area (Å²) >= 11 is 0. The molecule has 4 heteroatoms. The lowest BCUT2D eigenvalue weighted by atomic mass is 9.98. The van der Waals surface area contributed by atoms with Crippen LogP contribution in [-0.4, -0.2) is 22.2 Å². The Bertz CT molecular complexity index is 253. The maximum Gasteiger partial charge on any atom is 0.332 e. The van der Waals surface area contributed by atoms with Gasteiger partial charge >= 0.3 is 11.9 Å². The summed E-state index contributed by atoms with van der Waals surface area (Å²) in [5.74, 6) is -2.89. The van der Waals surface area contributed by atoms with Gasteiger partial charge in [0.1, 0.15) is 0 Å². The molecule has 0 aromatic heterocycles. The summed E-state index contributed by atoms with van der Waals surface area (Å²) in [6, 6.07) is 0. The molecule has 14 heavy (non-hydrogen) atoms. The molecule has 1 unspecified atom stereocenters. The molecule has 0 bridgehead atoms. The van der Waals surface area contributed by atoms with E-state index in [2.05, 4.69) is 0 Å². The summed E-state index contributed by atoms with van der Waals surface area (Å²) < 4.78 is 0. The van der Waals surface area contributed by atoms with Crippen molar-refractivity contribution >= 4 is 11.9 Å². The van der Waals surface area contributed by atoms with Crippen LogP contribution in [0.1, 0.15) is 27.2 Å². The highest BCUT2D eigenvalue weighted by atomic mass is 16.4. The van der Waals surface area contributed by atoms with E-state index in [1.165, 1.54) is 13.0 Å². The van der Waals surface area contributed by atoms with E-state index < -0.39 is 17.9 Å². The van der Waals surface area contributed by atoms with Gasteiger partial charge in [-0.2, -0.15) is 0 Å². The number of carboxylic acids is 2. The lowest BCUT2D eigenvalue weighted by Crippen LogP contribution is -2.18. The van der Waals surface area contributed by atoms with E-state index in [0.29, 0.717) is 12.3 Å². The fourth-order valence-corrected chi connectivity index (χ4v) is 0.945. The molecule has 0 aromatic carbocycles. The number of carbonyl (C=O) groups is 2. The van der Waals surface area contributed by atoms with E-state index in [4.69, 9.17) is 10.2 Å². The van der Waals surface area contributed by atoms with Crippen LogP contribution < -0.4 is 0 Å². The van der Waals surface area contributed by atoms with Gasteiger partial charge < -0.3 is 10.2 Å². The number of aliphatic carboxylic acids is 2. The molecule has 1 atom stereocenters. The molecule has 4 nitrogen and oxygen atoms in total. The van der Waals surface area contributed by atoms with Crippen molar-refractivity contribution < 1.29 is 19.8 Å². The van der Waals surface area contributed by atoms with Crippen LogP contribution in [0.15, 0.2) is 11.6 Å². The van der Waals surface area contributed by atoms with Crippen LogP contribution in [0.25, 0.3) is 0 Å². The second-order valence-electron chi connectivity index (χ2n) is 3.65. The monoisotopic (exact) mass is 200 g/mol. The average Bonchev–Trinajstić information content (AvgIpc) is 2.02. The largest absolute Gasteiger partial charge is 0.481 e. The molecule has 0 aromatic rings. The van der Waals surface area contributed by atoms with E-state index in [1.54, 1.807) is 0 Å².